The van der Waals surface area contributed by atoms with Crippen LogP contribution in [-0.2, 0) is 65.4 Å². The second-order valence-electron chi connectivity index (χ2n) is 26.5. The van der Waals surface area contributed by atoms with Crippen molar-refractivity contribution in [2.75, 3.05) is 11.9 Å². The van der Waals surface area contributed by atoms with Gasteiger partial charge in [-0.25, -0.2) is 9.59 Å². The Bertz CT molecular complexity index is 4270. The number of nitrogens with one attached hydrogen (secondary N) is 3. The van der Waals surface area contributed by atoms with Gasteiger partial charge in [-0.05, 0) is 128 Å². The van der Waals surface area contributed by atoms with E-state index in [1.807, 2.05) is 25.1 Å². The fourth-order valence-electron chi connectivity index (χ4n) is 15.1. The summed E-state index contributed by atoms with van der Waals surface area (Å²) in [4.78, 5) is 129. The number of carbonyl (C=O) groups is 9. The van der Waals surface area contributed by atoms with Gasteiger partial charge < -0.3 is 49.8 Å². The van der Waals surface area contributed by atoms with Crippen molar-refractivity contribution in [2.45, 2.75) is 142 Å². The molecule has 5 N–H and O–H groups in total. The van der Waals surface area contributed by atoms with Gasteiger partial charge >= 0.3 is 23.9 Å². The first-order valence-corrected chi connectivity index (χ1v) is 32.6. The molecular weight excluding hydrogens is 1260 g/mol. The summed E-state index contributed by atoms with van der Waals surface area (Å²) in [5.41, 5.74) is -1.74. The lowest BCUT2D eigenvalue weighted by Crippen LogP contribution is -2.81. The van der Waals surface area contributed by atoms with Crippen molar-refractivity contribution in [1.29, 1.82) is 0 Å². The normalized spacial score (nSPS) is 24.5. The van der Waals surface area contributed by atoms with Gasteiger partial charge in [-0.2, -0.15) is 0 Å². The van der Waals surface area contributed by atoms with Crippen LogP contribution in [-0.4, -0.2) is 116 Å². The number of benzene rings is 6. The lowest BCUT2D eigenvalue weighted by molar-refractivity contribution is -0.345. The molecule has 21 heteroatoms. The van der Waals surface area contributed by atoms with Gasteiger partial charge in [0.15, 0.2) is 5.60 Å². The molecule has 97 heavy (non-hydrogen) atoms. The van der Waals surface area contributed by atoms with Crippen LogP contribution in [0.25, 0.3) is 10.9 Å². The summed E-state index contributed by atoms with van der Waals surface area (Å²) >= 11 is 6.11. The van der Waals surface area contributed by atoms with E-state index in [4.69, 9.17) is 35.3 Å². The summed E-state index contributed by atoms with van der Waals surface area (Å²) in [5.74, 6) is -8.85. The minimum Gasteiger partial charge on any atom is -0.455 e. The highest BCUT2D eigenvalue weighted by atomic mass is 35.5. The lowest BCUT2D eigenvalue weighted by atomic mass is 9.43. The Hall–Kier alpha value is -9.60. The van der Waals surface area contributed by atoms with Crippen LogP contribution < -0.4 is 16.0 Å². The SMILES string of the molecule is CC(=O)O[C@@]12CO[C@@H]1C[C@H](O)[C@@]1(C)C(=O)[C@H](C)C3=C(C)C(OC(=O)C(OC(=O)CCC(=O)NCc4ccc(NC(=O)Cc5c(C)n(C(=O)c6ccc(Cl)cc6)c6ccc(C)cc56)cc4)[C@@H](NC(=O)c4ccccc4)c4ccccc4)C[C@@](O)([C@@H](OC(=O)c4ccccc4)[C@H]21)C3(C)C. The van der Waals surface area contributed by atoms with Crippen LogP contribution in [0.1, 0.15) is 132 Å². The summed E-state index contributed by atoms with van der Waals surface area (Å²) in [6.07, 6.45) is -9.39. The number of carbonyl (C=O) groups excluding carboxylic acids is 9. The molecule has 0 spiro atoms. The van der Waals surface area contributed by atoms with Gasteiger partial charge in [-0.3, -0.25) is 38.1 Å². The highest BCUT2D eigenvalue weighted by molar-refractivity contribution is 6.30. The number of nitrogens with zero attached hydrogens (tertiary/aromatic N) is 1. The van der Waals surface area contributed by atoms with E-state index in [2.05, 4.69) is 16.0 Å². The number of aliphatic hydroxyl groups excluding tert-OH is 1. The number of hydrogen-bond donors (Lipinski definition) is 5. The van der Waals surface area contributed by atoms with Crippen LogP contribution >= 0.6 is 11.6 Å². The maximum atomic E-state index is 15.7. The molecule has 20 nitrogen and oxygen atoms in total. The van der Waals surface area contributed by atoms with E-state index in [9.17, 15) is 43.8 Å². The highest BCUT2D eigenvalue weighted by Crippen LogP contribution is 2.65. The van der Waals surface area contributed by atoms with E-state index in [0.717, 1.165) is 10.9 Å². The topological polar surface area (TPSA) is 281 Å². The number of fused-ring (bicyclic) bond motifs is 6. The third-order valence-corrected chi connectivity index (χ3v) is 20.4. The molecule has 2 unspecified atom stereocenters. The Morgan fingerprint density at radius 3 is 2.03 bits per heavy atom. The molecule has 504 valence electrons. The van der Waals surface area contributed by atoms with Crippen LogP contribution in [0.3, 0.4) is 0 Å². The molecule has 2 saturated carbocycles. The van der Waals surface area contributed by atoms with E-state index in [1.165, 1.54) is 26.0 Å². The predicted molar refractivity (Wildman–Crippen MR) is 358 cm³/mol. The molecule has 6 aromatic carbocycles. The zero-order chi connectivity index (χ0) is 69.5. The van der Waals surface area contributed by atoms with Gasteiger partial charge in [0.1, 0.15) is 35.7 Å². The van der Waals surface area contributed by atoms with Gasteiger partial charge in [0.05, 0.1) is 48.0 Å². The first-order chi connectivity index (χ1) is 46.2. The molecule has 3 fully saturated rings. The van der Waals surface area contributed by atoms with Crippen molar-refractivity contribution in [3.8, 4) is 0 Å². The molecule has 3 amide bonds. The minimum atomic E-state index is -2.34. The second-order valence-corrected chi connectivity index (χ2v) is 26.9. The summed E-state index contributed by atoms with van der Waals surface area (Å²) in [5, 5.41) is 36.2. The molecule has 7 aromatic rings. The fraction of sp³-hybridized carbons (Fsp3) is 0.355. The molecule has 2 bridgehead atoms. The molecule has 11 rings (SSSR count). The number of aliphatic hydroxyl groups is 2. The summed E-state index contributed by atoms with van der Waals surface area (Å²) < 4.78 is 32.9. The monoisotopic (exact) mass is 1340 g/mol. The van der Waals surface area contributed by atoms with Crippen LogP contribution in [0.15, 0.2) is 169 Å². The maximum absolute atomic E-state index is 15.7. The number of aryl methyl sites for hydroxylation is 1. The zero-order valence-electron chi connectivity index (χ0n) is 55.0. The molecule has 1 saturated heterocycles. The summed E-state index contributed by atoms with van der Waals surface area (Å²) in [6.45, 7) is 12.8. The van der Waals surface area contributed by atoms with E-state index in [0.29, 0.717) is 55.3 Å². The van der Waals surface area contributed by atoms with Crippen LogP contribution in [0.5, 0.6) is 0 Å². The molecule has 0 radical (unpaired) electrons. The number of esters is 4. The average Bonchev–Trinajstić information content (AvgIpc) is 1.11. The van der Waals surface area contributed by atoms with Gasteiger partial charge in [-0.15, -0.1) is 0 Å². The zero-order valence-corrected chi connectivity index (χ0v) is 55.8. The molecule has 2 heterocycles. The van der Waals surface area contributed by atoms with Gasteiger partial charge in [0.2, 0.25) is 17.9 Å². The first-order valence-electron chi connectivity index (χ1n) is 32.3. The number of ketones is 1. The van der Waals surface area contributed by atoms with Crippen molar-refractivity contribution in [3.05, 3.63) is 219 Å². The number of anilines is 1. The van der Waals surface area contributed by atoms with E-state index in [1.54, 1.807) is 167 Å². The van der Waals surface area contributed by atoms with Gasteiger partial charge in [-0.1, -0.05) is 123 Å². The Morgan fingerprint density at radius 1 is 0.763 bits per heavy atom. The van der Waals surface area contributed by atoms with E-state index >= 15 is 9.59 Å². The number of amides is 3. The maximum Gasteiger partial charge on any atom is 0.350 e. The summed E-state index contributed by atoms with van der Waals surface area (Å²) in [7, 11) is 0. The van der Waals surface area contributed by atoms with Gasteiger partial charge in [0.25, 0.3) is 11.8 Å². The van der Waals surface area contributed by atoms with E-state index in [-0.39, 0.29) is 48.9 Å². The Balaban J connectivity index is 0.834. The van der Waals surface area contributed by atoms with Crippen molar-refractivity contribution in [3.63, 3.8) is 0 Å². The van der Waals surface area contributed by atoms with Crippen LogP contribution in [0.4, 0.5) is 5.69 Å². The Labute approximate surface area is 566 Å². The van der Waals surface area contributed by atoms with Crippen LogP contribution in [0, 0.1) is 36.5 Å². The van der Waals surface area contributed by atoms with Crippen molar-refractivity contribution in [2.24, 2.45) is 22.7 Å². The van der Waals surface area contributed by atoms with Crippen molar-refractivity contribution >= 4 is 81.5 Å². The second kappa shape index (κ2) is 27.5. The minimum absolute atomic E-state index is 0.0218. The van der Waals surface area contributed by atoms with Crippen molar-refractivity contribution < 1.29 is 77.0 Å². The molecule has 11 atom stereocenters. The lowest BCUT2D eigenvalue weighted by Gasteiger charge is -2.67. The van der Waals surface area contributed by atoms with Gasteiger partial charge in [0, 0.05) is 77.0 Å². The standard InChI is InChI=1S/C76H77ClN4O16/c1-42-24-33-56-55(36-42)54(45(4)81(56)70(89)50-27-29-52(77)30-28-50)37-61(85)79-53-31-25-47(26-32-53)40-78-60(84)34-35-62(86)95-65(64(48-18-12-9-13-19-48)80-69(88)49-20-14-10-15-21-49)72(91)94-57-39-76(92)68(96-71(90)51-22-16-11-17-23-51)66-74(8,67(87)44(3)63(43(57)2)73(76,6)7)58(83)38-59-75(66,41-93-59)97-46(5)82/h9-33,36,44,57-59,64-66,68,83,92H,34-35,37-41H2,1-8H3,(H,78,84)(H,79,85)(H,80,88)/t44-,57?,58+,59-,64+,65?,66+,68+,74-,75+,76-/m1/s1. The fourth-order valence-corrected chi connectivity index (χ4v) is 15.2. The van der Waals surface area contributed by atoms with Crippen molar-refractivity contribution in [1.82, 2.24) is 15.2 Å². The predicted octanol–water partition coefficient (Wildman–Crippen LogP) is 10.2. The van der Waals surface area contributed by atoms with E-state index < -0.39 is 131 Å². The summed E-state index contributed by atoms with van der Waals surface area (Å²) in [6, 6.07) is 41.9. The number of aromatic nitrogens is 1. The molecule has 1 aromatic heterocycles. The quantitative estimate of drug-likeness (QED) is 0.0286. The number of Topliss-reactive ketones (excluding diaryl/α,β-unsaturated/α-hetero) is 1. The molecule has 4 aliphatic rings. The smallest absolute Gasteiger partial charge is 0.350 e. The van der Waals surface area contributed by atoms with Crippen LogP contribution in [0.2, 0.25) is 5.02 Å². The highest BCUT2D eigenvalue weighted by Gasteiger charge is 2.77. The number of rotatable bonds is 19. The molecule has 1 aliphatic heterocycles. The number of halogens is 1. The Morgan fingerprint density at radius 2 is 1.40 bits per heavy atom. The third kappa shape index (κ3) is 13.1. The molecule has 3 aliphatic carbocycles. The third-order valence-electron chi connectivity index (χ3n) is 20.2. The molecular formula is C76H77ClN4O16. The average molecular weight is 1340 g/mol. The number of hydrogen-bond acceptors (Lipinski definition) is 16. The number of ether oxygens (including phenoxy) is 5. The largest absolute Gasteiger partial charge is 0.455 e. The Kier molecular flexibility index (Phi) is 19.5. The first kappa shape index (κ1) is 68.8.